The minimum atomic E-state index is -3.03. The maximum Gasteiger partial charge on any atom is 0.288 e. The van der Waals surface area contributed by atoms with E-state index in [9.17, 15) is 0 Å². The van der Waals surface area contributed by atoms with Crippen LogP contribution in [0.4, 0.5) is 4.11 Å². The Hall–Kier alpha value is -0.633. The summed E-state index contributed by atoms with van der Waals surface area (Å²) in [6.07, 6.45) is 0. The van der Waals surface area contributed by atoms with Gasteiger partial charge in [-0.3, -0.25) is 0 Å². The molecular weight excluding hydrogens is 215 g/mol. The van der Waals surface area contributed by atoms with Gasteiger partial charge in [-0.15, -0.1) is 0 Å². The third-order valence-corrected chi connectivity index (χ3v) is 8.50. The van der Waals surface area contributed by atoms with Gasteiger partial charge in [-0.05, 0) is 15.3 Å². The van der Waals surface area contributed by atoms with Crippen molar-refractivity contribution in [1.82, 2.24) is 0 Å². The summed E-state index contributed by atoms with van der Waals surface area (Å²) < 4.78 is 15.7. The molecule has 0 spiro atoms. The van der Waals surface area contributed by atoms with Crippen LogP contribution < -0.4 is 5.19 Å². The summed E-state index contributed by atoms with van der Waals surface area (Å²) in [7, 11) is -3.03. The van der Waals surface area contributed by atoms with Crippen LogP contribution in [0.5, 0.6) is 0 Å². The SMILES string of the molecule is CC(C)(C)[Si]([19F])(c1ccccc1)C(C)(C)C. The van der Waals surface area contributed by atoms with E-state index in [-0.39, 0.29) is 10.1 Å². The van der Waals surface area contributed by atoms with Crippen molar-refractivity contribution in [2.24, 2.45) is 0 Å². The van der Waals surface area contributed by atoms with E-state index in [1.54, 1.807) is 0 Å². The van der Waals surface area contributed by atoms with Gasteiger partial charge in [-0.1, -0.05) is 71.9 Å². The van der Waals surface area contributed by atoms with Crippen LogP contribution in [0.2, 0.25) is 10.1 Å². The summed E-state index contributed by atoms with van der Waals surface area (Å²) in [4.78, 5) is 0. The fraction of sp³-hybridized carbons (Fsp3) is 0.571. The molecule has 0 nitrogen and oxygen atoms in total. The molecule has 1 aromatic rings. The lowest BCUT2D eigenvalue weighted by atomic mass is 10.2. The highest BCUT2D eigenvalue weighted by Gasteiger charge is 2.56. The first-order valence-corrected chi connectivity index (χ1v) is 7.73. The lowest BCUT2D eigenvalue weighted by Crippen LogP contribution is -2.57. The second kappa shape index (κ2) is 3.99. The van der Waals surface area contributed by atoms with Crippen LogP contribution in [0.1, 0.15) is 41.5 Å². The van der Waals surface area contributed by atoms with E-state index in [0.717, 1.165) is 5.19 Å². The van der Waals surface area contributed by atoms with E-state index >= 15 is 4.11 Å². The number of halogens is 1. The molecule has 0 saturated carbocycles. The van der Waals surface area contributed by atoms with Gasteiger partial charge in [0.15, 0.2) is 0 Å². The second-order valence-corrected chi connectivity index (χ2v) is 11.4. The van der Waals surface area contributed by atoms with Gasteiger partial charge in [0.2, 0.25) is 0 Å². The quantitative estimate of drug-likeness (QED) is 0.502. The molecule has 0 heterocycles. The monoisotopic (exact) mass is 238 g/mol. The zero-order valence-corrected chi connectivity index (χ0v) is 12.3. The maximum absolute atomic E-state index is 15.7. The average Bonchev–Trinajstić information content (AvgIpc) is 2.14. The summed E-state index contributed by atoms with van der Waals surface area (Å²) in [5.41, 5.74) is 0. The first kappa shape index (κ1) is 13.4. The van der Waals surface area contributed by atoms with Crippen LogP contribution >= 0.6 is 0 Å². The van der Waals surface area contributed by atoms with E-state index in [0.29, 0.717) is 0 Å². The van der Waals surface area contributed by atoms with Gasteiger partial charge in [0.05, 0.1) is 0 Å². The molecule has 0 aliphatic heterocycles. The molecule has 0 amide bonds. The number of rotatable bonds is 1. The Labute approximate surface area is 100 Å². The van der Waals surface area contributed by atoms with Crippen molar-refractivity contribution in [1.29, 1.82) is 0 Å². The molecule has 0 aliphatic carbocycles. The Balaban J connectivity index is 3.39. The van der Waals surface area contributed by atoms with Crippen molar-refractivity contribution in [3.8, 4) is 0 Å². The molecule has 1 rings (SSSR count). The van der Waals surface area contributed by atoms with E-state index in [1.807, 2.05) is 71.9 Å². The number of hydrogen-bond acceptors (Lipinski definition) is 0. The third-order valence-electron chi connectivity index (χ3n) is 3.24. The van der Waals surface area contributed by atoms with Crippen molar-refractivity contribution in [3.05, 3.63) is 30.3 Å². The Bertz CT molecular complexity index is 329. The molecule has 0 radical (unpaired) electrons. The van der Waals surface area contributed by atoms with Gasteiger partial charge >= 0.3 is 0 Å². The van der Waals surface area contributed by atoms with Crippen LogP contribution in [0.25, 0.3) is 0 Å². The highest BCUT2D eigenvalue weighted by atomic mass is 28.4. The van der Waals surface area contributed by atoms with E-state index in [4.69, 9.17) is 0 Å². The molecule has 90 valence electrons. The van der Waals surface area contributed by atoms with Crippen LogP contribution in [0.3, 0.4) is 0 Å². The Morgan fingerprint density at radius 1 is 0.812 bits per heavy atom. The number of hydrogen-bond donors (Lipinski definition) is 0. The topological polar surface area (TPSA) is 0 Å². The standard InChI is InChI=1S/C14H23FSi/c1-13(2,3)16(15,14(4,5)6)12-10-8-7-9-11-12/h7-11H,1-6H3/i15+0. The molecule has 1 aromatic carbocycles. The fourth-order valence-corrected chi connectivity index (χ4v) is 7.29. The fourth-order valence-electron chi connectivity index (χ4n) is 2.66. The van der Waals surface area contributed by atoms with Crippen LogP contribution in [0.15, 0.2) is 30.3 Å². The summed E-state index contributed by atoms with van der Waals surface area (Å²) in [6.45, 7) is 12.2. The second-order valence-electron chi connectivity index (χ2n) is 6.52. The van der Waals surface area contributed by atoms with E-state index < -0.39 is 8.41 Å². The summed E-state index contributed by atoms with van der Waals surface area (Å²) >= 11 is 0. The average molecular weight is 238 g/mol. The molecule has 0 aromatic heterocycles. The zero-order chi connectivity index (χ0) is 12.6. The largest absolute Gasteiger partial charge is 0.307 e. The molecule has 0 fully saturated rings. The van der Waals surface area contributed by atoms with Crippen molar-refractivity contribution >= 4 is 13.6 Å². The van der Waals surface area contributed by atoms with Crippen LogP contribution in [-0.2, 0) is 0 Å². The molecule has 0 atom stereocenters. The van der Waals surface area contributed by atoms with E-state index in [1.165, 1.54) is 0 Å². The van der Waals surface area contributed by atoms with Gasteiger partial charge in [0.25, 0.3) is 8.41 Å². The predicted molar refractivity (Wildman–Crippen MR) is 72.4 cm³/mol. The molecular formula is C14H23FSi. The van der Waals surface area contributed by atoms with Crippen molar-refractivity contribution in [2.75, 3.05) is 0 Å². The lowest BCUT2D eigenvalue weighted by molar-refractivity contribution is 0.535. The van der Waals surface area contributed by atoms with Crippen LogP contribution in [0, 0.1) is 0 Å². The maximum atomic E-state index is 15.7. The van der Waals surface area contributed by atoms with E-state index in [2.05, 4.69) is 0 Å². The summed E-state index contributed by atoms with van der Waals surface area (Å²) in [5, 5.41) is 0.342. The Morgan fingerprint density at radius 3 is 1.50 bits per heavy atom. The number of benzene rings is 1. The van der Waals surface area contributed by atoms with Gasteiger partial charge in [-0.25, -0.2) is 0 Å². The van der Waals surface area contributed by atoms with Crippen molar-refractivity contribution in [2.45, 2.75) is 51.6 Å². The van der Waals surface area contributed by atoms with Gasteiger partial charge in [-0.2, -0.15) is 0 Å². The van der Waals surface area contributed by atoms with Gasteiger partial charge in [0, 0.05) is 0 Å². The third kappa shape index (κ3) is 2.08. The Kier molecular flexibility index (Phi) is 3.35. The van der Waals surface area contributed by atoms with Crippen molar-refractivity contribution in [3.63, 3.8) is 0 Å². The first-order chi connectivity index (χ1) is 7.11. The summed E-state index contributed by atoms with van der Waals surface area (Å²) in [6, 6.07) is 9.72. The molecule has 2 heteroatoms. The smallest absolute Gasteiger partial charge is 0.288 e. The molecule has 0 saturated heterocycles. The molecule has 16 heavy (non-hydrogen) atoms. The zero-order valence-electron chi connectivity index (χ0n) is 11.3. The lowest BCUT2D eigenvalue weighted by Gasteiger charge is -2.44. The highest BCUT2D eigenvalue weighted by Crippen LogP contribution is 2.51. The molecule has 0 N–H and O–H groups in total. The predicted octanol–water partition coefficient (Wildman–Crippen LogP) is 4.41. The highest BCUT2D eigenvalue weighted by molar-refractivity contribution is 6.90. The van der Waals surface area contributed by atoms with Gasteiger partial charge < -0.3 is 4.11 Å². The minimum Gasteiger partial charge on any atom is -0.307 e. The van der Waals surface area contributed by atoms with Crippen molar-refractivity contribution < 1.29 is 4.11 Å². The minimum absolute atomic E-state index is 0.285. The first-order valence-electron chi connectivity index (χ1n) is 5.85. The van der Waals surface area contributed by atoms with Crippen LogP contribution in [-0.4, -0.2) is 8.41 Å². The van der Waals surface area contributed by atoms with Gasteiger partial charge in [0.1, 0.15) is 0 Å². The normalized spacial score (nSPS) is 13.9. The summed E-state index contributed by atoms with van der Waals surface area (Å²) in [5.74, 6) is 0. The Morgan fingerprint density at radius 2 is 1.19 bits per heavy atom. The molecule has 0 aliphatic rings. The molecule has 0 bridgehead atoms. The molecule has 0 unspecified atom stereocenters.